The number of aryl methyl sites for hydroxylation is 2. The first-order chi connectivity index (χ1) is 10.1. The zero-order valence-corrected chi connectivity index (χ0v) is 11.8. The SMILES string of the molecule is Nc1nc(-c2ccc(F)c(F)c2)nc2sc3c(c12)CCC3. The van der Waals surface area contributed by atoms with Gasteiger partial charge in [0.05, 0.1) is 5.39 Å². The lowest BCUT2D eigenvalue weighted by atomic mass is 10.1. The Labute approximate surface area is 123 Å². The van der Waals surface area contributed by atoms with Crippen molar-refractivity contribution in [3.8, 4) is 11.4 Å². The van der Waals surface area contributed by atoms with Crippen molar-refractivity contribution < 1.29 is 8.78 Å². The van der Waals surface area contributed by atoms with Crippen molar-refractivity contribution in [1.82, 2.24) is 9.97 Å². The summed E-state index contributed by atoms with van der Waals surface area (Å²) < 4.78 is 26.4. The number of aromatic nitrogens is 2. The largest absolute Gasteiger partial charge is 0.383 e. The van der Waals surface area contributed by atoms with Gasteiger partial charge in [0.1, 0.15) is 10.6 Å². The van der Waals surface area contributed by atoms with E-state index in [-0.39, 0.29) is 0 Å². The van der Waals surface area contributed by atoms with Gasteiger partial charge in [0.2, 0.25) is 0 Å². The maximum Gasteiger partial charge on any atom is 0.163 e. The van der Waals surface area contributed by atoms with Gasteiger partial charge in [-0.2, -0.15) is 0 Å². The van der Waals surface area contributed by atoms with Crippen LogP contribution in [0, 0.1) is 11.6 Å². The number of benzene rings is 1. The number of nitrogen functional groups attached to an aromatic ring is 1. The van der Waals surface area contributed by atoms with Gasteiger partial charge in [-0.1, -0.05) is 0 Å². The molecule has 4 rings (SSSR count). The van der Waals surface area contributed by atoms with Crippen LogP contribution < -0.4 is 5.73 Å². The summed E-state index contributed by atoms with van der Waals surface area (Å²) in [5.74, 6) is -1.05. The van der Waals surface area contributed by atoms with Crippen LogP contribution in [0.15, 0.2) is 18.2 Å². The molecule has 106 valence electrons. The second-order valence-corrected chi connectivity index (χ2v) is 6.18. The molecule has 0 aliphatic heterocycles. The van der Waals surface area contributed by atoms with E-state index in [9.17, 15) is 8.78 Å². The summed E-state index contributed by atoms with van der Waals surface area (Å²) in [6, 6.07) is 3.63. The van der Waals surface area contributed by atoms with E-state index in [0.29, 0.717) is 17.2 Å². The minimum Gasteiger partial charge on any atom is -0.383 e. The Morgan fingerprint density at radius 3 is 2.76 bits per heavy atom. The summed E-state index contributed by atoms with van der Waals surface area (Å²) in [6.07, 6.45) is 3.20. The summed E-state index contributed by atoms with van der Waals surface area (Å²) in [5.41, 5.74) is 7.75. The molecule has 2 aromatic heterocycles. The van der Waals surface area contributed by atoms with E-state index in [0.717, 1.165) is 41.6 Å². The average molecular weight is 303 g/mol. The molecule has 0 amide bonds. The number of halogens is 2. The maximum atomic E-state index is 13.4. The van der Waals surface area contributed by atoms with Crippen molar-refractivity contribution in [3.05, 3.63) is 40.3 Å². The first-order valence-corrected chi connectivity index (χ1v) is 7.48. The summed E-state index contributed by atoms with van der Waals surface area (Å²) >= 11 is 1.62. The van der Waals surface area contributed by atoms with E-state index in [1.165, 1.54) is 16.5 Å². The third kappa shape index (κ3) is 1.90. The Balaban J connectivity index is 1.92. The molecule has 2 N–H and O–H groups in total. The number of hydrogen-bond donors (Lipinski definition) is 1. The number of nitrogens with two attached hydrogens (primary N) is 1. The highest BCUT2D eigenvalue weighted by molar-refractivity contribution is 7.19. The van der Waals surface area contributed by atoms with Gasteiger partial charge in [0.15, 0.2) is 17.5 Å². The highest BCUT2D eigenvalue weighted by atomic mass is 32.1. The molecule has 1 aliphatic carbocycles. The molecule has 0 saturated heterocycles. The zero-order valence-electron chi connectivity index (χ0n) is 11.0. The number of anilines is 1. The van der Waals surface area contributed by atoms with Crippen molar-refractivity contribution in [2.45, 2.75) is 19.3 Å². The van der Waals surface area contributed by atoms with Crippen LogP contribution in [0.5, 0.6) is 0 Å². The van der Waals surface area contributed by atoms with Crippen molar-refractivity contribution in [2.75, 3.05) is 5.73 Å². The summed E-state index contributed by atoms with van der Waals surface area (Å²) in [5, 5.41) is 0.929. The van der Waals surface area contributed by atoms with Gasteiger partial charge < -0.3 is 5.73 Å². The van der Waals surface area contributed by atoms with Crippen molar-refractivity contribution in [1.29, 1.82) is 0 Å². The highest BCUT2D eigenvalue weighted by Gasteiger charge is 2.21. The summed E-state index contributed by atoms with van der Waals surface area (Å²) in [6.45, 7) is 0. The van der Waals surface area contributed by atoms with Crippen LogP contribution in [0.1, 0.15) is 16.9 Å². The molecule has 2 heterocycles. The number of nitrogens with zero attached hydrogens (tertiary/aromatic N) is 2. The molecule has 0 unspecified atom stereocenters. The Morgan fingerprint density at radius 2 is 1.95 bits per heavy atom. The maximum absolute atomic E-state index is 13.4. The van der Waals surface area contributed by atoms with Gasteiger partial charge in [-0.3, -0.25) is 0 Å². The number of hydrogen-bond acceptors (Lipinski definition) is 4. The predicted octanol–water partition coefficient (Wildman–Crippen LogP) is 3.71. The third-order valence-electron chi connectivity index (χ3n) is 3.77. The van der Waals surface area contributed by atoms with Crippen LogP contribution in [-0.4, -0.2) is 9.97 Å². The van der Waals surface area contributed by atoms with E-state index in [4.69, 9.17) is 5.73 Å². The lowest BCUT2D eigenvalue weighted by Gasteiger charge is -2.04. The summed E-state index contributed by atoms with van der Waals surface area (Å²) in [4.78, 5) is 10.9. The van der Waals surface area contributed by atoms with E-state index in [1.807, 2.05) is 0 Å². The monoisotopic (exact) mass is 303 g/mol. The third-order valence-corrected chi connectivity index (χ3v) is 4.96. The lowest BCUT2D eigenvalue weighted by Crippen LogP contribution is -1.98. The fourth-order valence-electron chi connectivity index (χ4n) is 2.79. The molecule has 21 heavy (non-hydrogen) atoms. The standard InChI is InChI=1S/C15H11F2N3S/c16-9-5-4-7(6-10(9)17)14-19-13(18)12-8-2-1-3-11(8)21-15(12)20-14/h4-6H,1-3H2,(H2,18,19,20). The normalized spacial score (nSPS) is 13.8. The van der Waals surface area contributed by atoms with Gasteiger partial charge >= 0.3 is 0 Å². The molecule has 0 spiro atoms. The van der Waals surface area contributed by atoms with Crippen LogP contribution in [-0.2, 0) is 12.8 Å². The highest BCUT2D eigenvalue weighted by Crippen LogP contribution is 2.39. The second-order valence-electron chi connectivity index (χ2n) is 5.10. The number of thiophene rings is 1. The van der Waals surface area contributed by atoms with Crippen LogP contribution in [0.2, 0.25) is 0 Å². The Kier molecular flexibility index (Phi) is 2.68. The molecule has 0 fully saturated rings. The molecule has 3 aromatic rings. The molecule has 0 saturated carbocycles. The van der Waals surface area contributed by atoms with Gasteiger partial charge in [-0.15, -0.1) is 11.3 Å². The van der Waals surface area contributed by atoms with Gasteiger partial charge in [-0.25, -0.2) is 18.7 Å². The predicted molar refractivity (Wildman–Crippen MR) is 79.2 cm³/mol. The quantitative estimate of drug-likeness (QED) is 0.745. The van der Waals surface area contributed by atoms with Crippen molar-refractivity contribution in [2.24, 2.45) is 0 Å². The first-order valence-electron chi connectivity index (χ1n) is 6.66. The van der Waals surface area contributed by atoms with Crippen LogP contribution in [0.3, 0.4) is 0 Å². The zero-order chi connectivity index (χ0) is 14.6. The Morgan fingerprint density at radius 1 is 1.10 bits per heavy atom. The average Bonchev–Trinajstić information content (AvgIpc) is 3.01. The topological polar surface area (TPSA) is 51.8 Å². The van der Waals surface area contributed by atoms with E-state index < -0.39 is 11.6 Å². The second kappa shape index (κ2) is 4.46. The lowest BCUT2D eigenvalue weighted by molar-refractivity contribution is 0.509. The fraction of sp³-hybridized carbons (Fsp3) is 0.200. The molecule has 1 aromatic carbocycles. The molecule has 0 bridgehead atoms. The van der Waals surface area contributed by atoms with Crippen molar-refractivity contribution in [3.63, 3.8) is 0 Å². The Bertz CT molecular complexity index is 873. The molecule has 0 radical (unpaired) electrons. The van der Waals surface area contributed by atoms with Crippen LogP contribution in [0.4, 0.5) is 14.6 Å². The van der Waals surface area contributed by atoms with Crippen LogP contribution >= 0.6 is 11.3 Å². The molecule has 3 nitrogen and oxygen atoms in total. The molecular formula is C15H11F2N3S. The molecule has 1 aliphatic rings. The van der Waals surface area contributed by atoms with E-state index >= 15 is 0 Å². The first kappa shape index (κ1) is 12.6. The molecule has 6 heteroatoms. The minimum absolute atomic E-state index is 0.332. The number of rotatable bonds is 1. The van der Waals surface area contributed by atoms with E-state index in [2.05, 4.69) is 9.97 Å². The van der Waals surface area contributed by atoms with Crippen molar-refractivity contribution >= 4 is 27.4 Å². The fourth-order valence-corrected chi connectivity index (χ4v) is 4.06. The Hall–Kier alpha value is -2.08. The number of fused-ring (bicyclic) bond motifs is 3. The van der Waals surface area contributed by atoms with Gasteiger partial charge in [0.25, 0.3) is 0 Å². The molecule has 0 atom stereocenters. The van der Waals surface area contributed by atoms with E-state index in [1.54, 1.807) is 11.3 Å². The minimum atomic E-state index is -0.913. The van der Waals surface area contributed by atoms with Gasteiger partial charge in [-0.05, 0) is 43.0 Å². The summed E-state index contributed by atoms with van der Waals surface area (Å²) in [7, 11) is 0. The van der Waals surface area contributed by atoms with Gasteiger partial charge in [0, 0.05) is 10.4 Å². The molecular weight excluding hydrogens is 292 g/mol. The van der Waals surface area contributed by atoms with Crippen LogP contribution in [0.25, 0.3) is 21.6 Å². The smallest absolute Gasteiger partial charge is 0.163 e.